The molecule has 1 aliphatic rings. The molecule has 2 atom stereocenters. The largest absolute Gasteiger partial charge is 0.434 e. The number of hydrogen-bond donors (Lipinski definition) is 2. The zero-order valence-electron chi connectivity index (χ0n) is 12.6. The summed E-state index contributed by atoms with van der Waals surface area (Å²) in [5.74, 6) is 1.39. The molecule has 0 aromatic heterocycles. The third-order valence-electron chi connectivity index (χ3n) is 3.42. The molecule has 1 aromatic carbocycles. The van der Waals surface area contributed by atoms with Crippen LogP contribution in [0.15, 0.2) is 23.2 Å². The van der Waals surface area contributed by atoms with E-state index in [1.54, 1.807) is 6.07 Å². The van der Waals surface area contributed by atoms with Crippen LogP contribution in [-0.2, 0) is 6.54 Å². The topological polar surface area (TPSA) is 45.7 Å². The summed E-state index contributed by atoms with van der Waals surface area (Å²) in [4.78, 5) is 4.42. The number of benzene rings is 1. The number of ether oxygens (including phenoxy) is 1. The van der Waals surface area contributed by atoms with Gasteiger partial charge in [-0.2, -0.15) is 8.78 Å². The molecule has 2 rings (SSSR count). The third-order valence-corrected chi connectivity index (χ3v) is 3.66. The van der Waals surface area contributed by atoms with Crippen molar-refractivity contribution in [2.24, 2.45) is 10.9 Å². The molecule has 0 bridgehead atoms. The second-order valence-corrected chi connectivity index (χ2v) is 5.73. The van der Waals surface area contributed by atoms with Gasteiger partial charge in [0.15, 0.2) is 5.96 Å². The van der Waals surface area contributed by atoms with Crippen molar-refractivity contribution in [2.75, 3.05) is 6.54 Å². The fourth-order valence-corrected chi connectivity index (χ4v) is 2.26. The van der Waals surface area contributed by atoms with E-state index in [1.165, 1.54) is 12.1 Å². The molecule has 4 nitrogen and oxygen atoms in total. The number of halogens is 3. The van der Waals surface area contributed by atoms with Gasteiger partial charge in [-0.3, -0.25) is 0 Å². The first-order valence-electron chi connectivity index (χ1n) is 7.27. The maximum Gasteiger partial charge on any atom is 0.387 e. The summed E-state index contributed by atoms with van der Waals surface area (Å²) < 4.78 is 29.4. The number of guanidine groups is 1. The van der Waals surface area contributed by atoms with Crippen LogP contribution in [0.5, 0.6) is 5.75 Å². The van der Waals surface area contributed by atoms with Gasteiger partial charge in [-0.25, -0.2) is 4.99 Å². The molecule has 1 fully saturated rings. The van der Waals surface area contributed by atoms with Crippen LogP contribution in [0, 0.1) is 5.92 Å². The monoisotopic (exact) mass is 331 g/mol. The lowest BCUT2D eigenvalue weighted by molar-refractivity contribution is -0.0504. The third kappa shape index (κ3) is 5.02. The fraction of sp³-hybridized carbons (Fsp3) is 0.533. The van der Waals surface area contributed by atoms with Crippen LogP contribution >= 0.6 is 11.6 Å². The molecule has 0 heterocycles. The number of rotatable bonds is 6. The van der Waals surface area contributed by atoms with Crippen LogP contribution in [0.1, 0.15) is 25.8 Å². The second kappa shape index (κ2) is 7.63. The number of alkyl halides is 2. The van der Waals surface area contributed by atoms with Gasteiger partial charge in [0, 0.05) is 23.2 Å². The molecule has 1 saturated carbocycles. The van der Waals surface area contributed by atoms with E-state index in [0.29, 0.717) is 28.5 Å². The van der Waals surface area contributed by atoms with Crippen LogP contribution in [0.3, 0.4) is 0 Å². The lowest BCUT2D eigenvalue weighted by Crippen LogP contribution is -2.39. The van der Waals surface area contributed by atoms with Gasteiger partial charge in [-0.1, -0.05) is 18.5 Å². The van der Waals surface area contributed by atoms with E-state index < -0.39 is 6.61 Å². The molecule has 22 heavy (non-hydrogen) atoms. The van der Waals surface area contributed by atoms with Crippen LogP contribution in [-0.4, -0.2) is 25.2 Å². The Kier molecular flexibility index (Phi) is 5.83. The predicted octanol–water partition coefficient (Wildman–Crippen LogP) is 3.40. The van der Waals surface area contributed by atoms with Crippen molar-refractivity contribution >= 4 is 17.6 Å². The van der Waals surface area contributed by atoms with Gasteiger partial charge in [0.1, 0.15) is 5.75 Å². The molecule has 0 aliphatic heterocycles. The number of nitrogens with zero attached hydrogens (tertiary/aromatic N) is 1. The van der Waals surface area contributed by atoms with Gasteiger partial charge >= 0.3 is 6.61 Å². The molecule has 2 unspecified atom stereocenters. The molecule has 0 radical (unpaired) electrons. The Balaban J connectivity index is 2.09. The van der Waals surface area contributed by atoms with E-state index in [1.807, 2.05) is 6.92 Å². The minimum Gasteiger partial charge on any atom is -0.434 e. The van der Waals surface area contributed by atoms with Crippen LogP contribution in [0.25, 0.3) is 0 Å². The minimum absolute atomic E-state index is 0.0961. The second-order valence-electron chi connectivity index (χ2n) is 5.29. The highest BCUT2D eigenvalue weighted by Gasteiger charge is 2.33. The molecule has 1 aliphatic carbocycles. The Bertz CT molecular complexity index is 540. The quantitative estimate of drug-likeness (QED) is 0.620. The van der Waals surface area contributed by atoms with Gasteiger partial charge in [-0.05, 0) is 37.5 Å². The SMILES string of the molecule is CCNC(=NCc1cc(Cl)ccc1OC(F)F)NC1CC1C. The first kappa shape index (κ1) is 16.8. The van der Waals surface area contributed by atoms with Gasteiger partial charge in [0.05, 0.1) is 6.54 Å². The van der Waals surface area contributed by atoms with E-state index in [4.69, 9.17) is 11.6 Å². The van der Waals surface area contributed by atoms with Crippen LogP contribution < -0.4 is 15.4 Å². The van der Waals surface area contributed by atoms with Gasteiger partial charge in [0.25, 0.3) is 0 Å². The van der Waals surface area contributed by atoms with E-state index in [2.05, 4.69) is 27.3 Å². The van der Waals surface area contributed by atoms with Crippen molar-refractivity contribution in [3.05, 3.63) is 28.8 Å². The average Bonchev–Trinajstić information content (AvgIpc) is 3.14. The number of nitrogens with one attached hydrogen (secondary N) is 2. The Labute approximate surface area is 133 Å². The normalized spacial score (nSPS) is 20.9. The van der Waals surface area contributed by atoms with E-state index in [-0.39, 0.29) is 12.3 Å². The predicted molar refractivity (Wildman–Crippen MR) is 83.6 cm³/mol. The Morgan fingerprint density at radius 1 is 1.50 bits per heavy atom. The van der Waals surface area contributed by atoms with Crippen LogP contribution in [0.4, 0.5) is 8.78 Å². The molecule has 1 aromatic rings. The molecule has 2 N–H and O–H groups in total. The van der Waals surface area contributed by atoms with Crippen molar-refractivity contribution in [2.45, 2.75) is 39.5 Å². The zero-order chi connectivity index (χ0) is 16.1. The first-order chi connectivity index (χ1) is 10.5. The number of aliphatic imine (C=N–C) groups is 1. The molecular formula is C15H20ClF2N3O. The van der Waals surface area contributed by atoms with Gasteiger partial charge in [0.2, 0.25) is 0 Å². The average molecular weight is 332 g/mol. The lowest BCUT2D eigenvalue weighted by Gasteiger charge is -2.13. The highest BCUT2D eigenvalue weighted by Crippen LogP contribution is 2.29. The standard InChI is InChI=1S/C15H20ClF2N3O/c1-3-19-15(21-12-6-9(12)2)20-8-10-7-11(16)4-5-13(10)22-14(17)18/h4-5,7,9,12,14H,3,6,8H2,1-2H3,(H2,19,20,21). The fourth-order valence-electron chi connectivity index (χ4n) is 2.07. The summed E-state index contributed by atoms with van der Waals surface area (Å²) in [5.41, 5.74) is 0.522. The Morgan fingerprint density at radius 3 is 2.82 bits per heavy atom. The highest BCUT2D eigenvalue weighted by atomic mass is 35.5. The summed E-state index contributed by atoms with van der Waals surface area (Å²) in [7, 11) is 0. The van der Waals surface area contributed by atoms with Crippen molar-refractivity contribution < 1.29 is 13.5 Å². The molecule has 122 valence electrons. The molecule has 0 spiro atoms. The molecule has 0 saturated heterocycles. The number of hydrogen-bond acceptors (Lipinski definition) is 2. The van der Waals surface area contributed by atoms with Crippen molar-refractivity contribution in [3.8, 4) is 5.75 Å². The summed E-state index contributed by atoms with van der Waals surface area (Å²) >= 11 is 5.92. The van der Waals surface area contributed by atoms with Crippen molar-refractivity contribution in [3.63, 3.8) is 0 Å². The Morgan fingerprint density at radius 2 is 2.23 bits per heavy atom. The maximum absolute atomic E-state index is 12.4. The molecule has 0 amide bonds. The summed E-state index contributed by atoms with van der Waals surface area (Å²) in [6.07, 6.45) is 1.11. The van der Waals surface area contributed by atoms with Crippen molar-refractivity contribution in [1.29, 1.82) is 0 Å². The summed E-state index contributed by atoms with van der Waals surface area (Å²) in [6.45, 7) is 2.19. The van der Waals surface area contributed by atoms with E-state index >= 15 is 0 Å². The smallest absolute Gasteiger partial charge is 0.387 e. The minimum atomic E-state index is -2.87. The van der Waals surface area contributed by atoms with Crippen LogP contribution in [0.2, 0.25) is 5.02 Å². The van der Waals surface area contributed by atoms with E-state index in [9.17, 15) is 8.78 Å². The van der Waals surface area contributed by atoms with Crippen molar-refractivity contribution in [1.82, 2.24) is 10.6 Å². The lowest BCUT2D eigenvalue weighted by atomic mass is 10.2. The van der Waals surface area contributed by atoms with Gasteiger partial charge < -0.3 is 15.4 Å². The maximum atomic E-state index is 12.4. The van der Waals surface area contributed by atoms with E-state index in [0.717, 1.165) is 13.0 Å². The van der Waals surface area contributed by atoms with Gasteiger partial charge in [-0.15, -0.1) is 0 Å². The summed E-state index contributed by atoms with van der Waals surface area (Å²) in [6, 6.07) is 4.96. The highest BCUT2D eigenvalue weighted by molar-refractivity contribution is 6.30. The zero-order valence-corrected chi connectivity index (χ0v) is 13.3. The Hall–Kier alpha value is -1.56. The molecular weight excluding hydrogens is 312 g/mol. The first-order valence-corrected chi connectivity index (χ1v) is 7.65. The molecule has 7 heteroatoms. The summed E-state index contributed by atoms with van der Waals surface area (Å²) in [5, 5.41) is 6.90.